The molecule has 2 aromatic rings. The highest BCUT2D eigenvalue weighted by Crippen LogP contribution is 2.28. The number of halogens is 1. The number of amides is 1. The molecule has 1 aliphatic heterocycles. The second-order valence-corrected chi connectivity index (χ2v) is 9.36. The number of nitrogens with zero attached hydrogens (tertiary/aromatic N) is 1. The number of carbonyl (C=O) groups is 1. The van der Waals surface area contributed by atoms with Crippen LogP contribution in [-0.2, 0) is 26.1 Å². The first-order valence-electron chi connectivity index (χ1n) is 9.87. The molecule has 1 aliphatic rings. The van der Waals surface area contributed by atoms with E-state index in [0.717, 1.165) is 9.87 Å². The maximum atomic E-state index is 13.4. The van der Waals surface area contributed by atoms with Crippen LogP contribution in [0, 0.1) is 12.7 Å². The van der Waals surface area contributed by atoms with Crippen LogP contribution in [0.2, 0.25) is 0 Å². The standard InChI is InChI=1S/C21H25FN2O7S/c1-13-4-5-17(22)10-16(13)12-29-18-6-8-19(9-7-18)32(27,28)24-11-14(2)30-15(3)20(24)31-21(25)23-26/h4-10,14-15,20,26H,11-12H2,1-3H3,(H,23,25)/t14-,15-,20+/m0/s1. The van der Waals surface area contributed by atoms with Crippen LogP contribution in [0.3, 0.4) is 0 Å². The van der Waals surface area contributed by atoms with Gasteiger partial charge in [0.2, 0.25) is 10.0 Å². The smallest absolute Gasteiger partial charge is 0.432 e. The first kappa shape index (κ1) is 23.9. The molecule has 9 nitrogen and oxygen atoms in total. The molecule has 1 saturated heterocycles. The molecule has 11 heteroatoms. The Morgan fingerprint density at radius 2 is 1.94 bits per heavy atom. The molecule has 0 saturated carbocycles. The van der Waals surface area contributed by atoms with Gasteiger partial charge < -0.3 is 14.2 Å². The second kappa shape index (κ2) is 9.82. The molecule has 1 heterocycles. The van der Waals surface area contributed by atoms with Crippen molar-refractivity contribution in [1.29, 1.82) is 0 Å². The fraction of sp³-hybridized carbons (Fsp3) is 0.381. The molecule has 0 radical (unpaired) electrons. The lowest BCUT2D eigenvalue weighted by Gasteiger charge is -2.40. The first-order chi connectivity index (χ1) is 15.1. The van der Waals surface area contributed by atoms with Crippen molar-refractivity contribution in [2.45, 2.75) is 50.7 Å². The molecule has 3 atom stereocenters. The van der Waals surface area contributed by atoms with E-state index in [-0.39, 0.29) is 23.9 Å². The molecule has 1 fully saturated rings. The van der Waals surface area contributed by atoms with E-state index in [9.17, 15) is 17.6 Å². The van der Waals surface area contributed by atoms with Crippen LogP contribution in [-0.4, -0.2) is 49.0 Å². The fourth-order valence-corrected chi connectivity index (χ4v) is 5.04. The molecular weight excluding hydrogens is 443 g/mol. The van der Waals surface area contributed by atoms with Crippen molar-refractivity contribution < 1.29 is 37.0 Å². The SMILES string of the molecule is Cc1ccc(F)cc1COc1ccc(S(=O)(=O)N2C[C@H](C)O[C@@H](C)[C@H]2OC(=O)NO)cc1. The van der Waals surface area contributed by atoms with Crippen LogP contribution in [0.4, 0.5) is 9.18 Å². The van der Waals surface area contributed by atoms with Gasteiger partial charge in [-0.1, -0.05) is 6.07 Å². The van der Waals surface area contributed by atoms with E-state index in [0.29, 0.717) is 11.3 Å². The largest absolute Gasteiger partial charge is 0.489 e. The molecule has 0 aliphatic carbocycles. The van der Waals surface area contributed by atoms with Crippen LogP contribution in [0.15, 0.2) is 47.4 Å². The molecule has 0 unspecified atom stereocenters. The second-order valence-electron chi connectivity index (χ2n) is 7.47. The Labute approximate surface area is 185 Å². The zero-order valence-corrected chi connectivity index (χ0v) is 18.6. The number of benzene rings is 2. The molecular formula is C21H25FN2O7S. The Kier molecular flexibility index (Phi) is 7.34. The highest BCUT2D eigenvalue weighted by Gasteiger charge is 2.43. The van der Waals surface area contributed by atoms with E-state index in [1.165, 1.54) is 41.9 Å². The number of ether oxygens (including phenoxy) is 3. The lowest BCUT2D eigenvalue weighted by atomic mass is 10.1. The molecule has 2 aromatic carbocycles. The van der Waals surface area contributed by atoms with Gasteiger partial charge in [0.25, 0.3) is 0 Å². The quantitative estimate of drug-likeness (QED) is 0.495. The lowest BCUT2D eigenvalue weighted by molar-refractivity contribution is -0.151. The van der Waals surface area contributed by atoms with Gasteiger partial charge in [-0.3, -0.25) is 5.21 Å². The number of hydroxylamine groups is 1. The van der Waals surface area contributed by atoms with Crippen LogP contribution < -0.4 is 10.2 Å². The number of aryl methyl sites for hydroxylation is 1. The van der Waals surface area contributed by atoms with Gasteiger partial charge in [-0.15, -0.1) is 0 Å². The molecule has 1 amide bonds. The van der Waals surface area contributed by atoms with Gasteiger partial charge in [-0.05, 0) is 68.3 Å². The average Bonchev–Trinajstić information content (AvgIpc) is 2.76. The monoisotopic (exact) mass is 468 g/mol. The number of morpholine rings is 1. The van der Waals surface area contributed by atoms with Gasteiger partial charge in [0.1, 0.15) is 24.3 Å². The summed E-state index contributed by atoms with van der Waals surface area (Å²) in [6, 6.07) is 10.1. The van der Waals surface area contributed by atoms with E-state index in [1.54, 1.807) is 19.9 Å². The highest BCUT2D eigenvalue weighted by molar-refractivity contribution is 7.89. The number of hydrogen-bond donors (Lipinski definition) is 2. The van der Waals surface area contributed by atoms with Gasteiger partial charge in [0.15, 0.2) is 6.23 Å². The number of hydrogen-bond acceptors (Lipinski definition) is 7. The summed E-state index contributed by atoms with van der Waals surface area (Å²) >= 11 is 0. The Balaban J connectivity index is 1.78. The van der Waals surface area contributed by atoms with Crippen LogP contribution in [0.5, 0.6) is 5.75 Å². The van der Waals surface area contributed by atoms with Crippen LogP contribution in [0.1, 0.15) is 25.0 Å². The van der Waals surface area contributed by atoms with E-state index < -0.39 is 34.6 Å². The van der Waals surface area contributed by atoms with Crippen molar-refractivity contribution in [3.05, 3.63) is 59.4 Å². The Bertz CT molecular complexity index is 1060. The summed E-state index contributed by atoms with van der Waals surface area (Å²) in [6.07, 6.45) is -3.66. The third-order valence-corrected chi connectivity index (χ3v) is 6.87. The Hall–Kier alpha value is -2.73. The third-order valence-electron chi connectivity index (χ3n) is 5.02. The summed E-state index contributed by atoms with van der Waals surface area (Å²) in [6.45, 7) is 5.19. The summed E-state index contributed by atoms with van der Waals surface area (Å²) in [5.41, 5.74) is 2.87. The van der Waals surface area contributed by atoms with Crippen molar-refractivity contribution >= 4 is 16.1 Å². The topological polar surface area (TPSA) is 114 Å². The van der Waals surface area contributed by atoms with Gasteiger partial charge in [0, 0.05) is 6.54 Å². The normalized spacial score (nSPS) is 21.7. The highest BCUT2D eigenvalue weighted by atomic mass is 32.2. The molecule has 174 valence electrons. The van der Waals surface area contributed by atoms with Crippen LogP contribution >= 0.6 is 0 Å². The summed E-state index contributed by atoms with van der Waals surface area (Å²) in [5.74, 6) is 0.0417. The Morgan fingerprint density at radius 1 is 1.25 bits per heavy atom. The van der Waals surface area contributed by atoms with Crippen molar-refractivity contribution in [2.24, 2.45) is 0 Å². The average molecular weight is 469 g/mol. The van der Waals surface area contributed by atoms with Crippen molar-refractivity contribution in [2.75, 3.05) is 6.54 Å². The van der Waals surface area contributed by atoms with Gasteiger partial charge in [0.05, 0.1) is 11.0 Å². The third kappa shape index (κ3) is 5.36. The summed E-state index contributed by atoms with van der Waals surface area (Å²) in [7, 11) is -4.07. The molecule has 0 bridgehead atoms. The zero-order valence-electron chi connectivity index (χ0n) is 17.8. The predicted molar refractivity (Wildman–Crippen MR) is 111 cm³/mol. The van der Waals surface area contributed by atoms with Crippen molar-refractivity contribution in [3.63, 3.8) is 0 Å². The van der Waals surface area contributed by atoms with Crippen LogP contribution in [0.25, 0.3) is 0 Å². The van der Waals surface area contributed by atoms with E-state index in [2.05, 4.69) is 0 Å². The minimum atomic E-state index is -4.07. The predicted octanol–water partition coefficient (Wildman–Crippen LogP) is 2.95. The minimum absolute atomic E-state index is 0.0360. The zero-order chi connectivity index (χ0) is 23.5. The summed E-state index contributed by atoms with van der Waals surface area (Å²) < 4.78 is 57.2. The van der Waals surface area contributed by atoms with Gasteiger partial charge in [-0.25, -0.2) is 23.1 Å². The number of carbonyl (C=O) groups excluding carboxylic acids is 1. The van der Waals surface area contributed by atoms with Gasteiger partial charge >= 0.3 is 6.09 Å². The van der Waals surface area contributed by atoms with Gasteiger partial charge in [-0.2, -0.15) is 4.31 Å². The summed E-state index contributed by atoms with van der Waals surface area (Å²) in [4.78, 5) is 11.5. The van der Waals surface area contributed by atoms with Crippen molar-refractivity contribution in [3.8, 4) is 5.75 Å². The maximum absolute atomic E-state index is 13.4. The molecule has 2 N–H and O–H groups in total. The van der Waals surface area contributed by atoms with Crippen molar-refractivity contribution in [1.82, 2.24) is 9.79 Å². The van der Waals surface area contributed by atoms with E-state index in [1.807, 2.05) is 6.92 Å². The molecule has 0 aromatic heterocycles. The molecule has 32 heavy (non-hydrogen) atoms. The number of sulfonamides is 1. The molecule has 3 rings (SSSR count). The fourth-order valence-electron chi connectivity index (χ4n) is 3.39. The lowest BCUT2D eigenvalue weighted by Crippen LogP contribution is -2.57. The number of rotatable bonds is 6. The number of nitrogens with one attached hydrogen (secondary N) is 1. The Morgan fingerprint density at radius 3 is 2.59 bits per heavy atom. The van der Waals surface area contributed by atoms with E-state index in [4.69, 9.17) is 19.4 Å². The maximum Gasteiger partial charge on any atom is 0.432 e. The van der Waals surface area contributed by atoms with E-state index >= 15 is 0 Å². The summed E-state index contributed by atoms with van der Waals surface area (Å²) in [5, 5.41) is 8.74. The molecule has 0 spiro atoms. The first-order valence-corrected chi connectivity index (χ1v) is 11.3. The minimum Gasteiger partial charge on any atom is -0.489 e.